The lowest BCUT2D eigenvalue weighted by molar-refractivity contribution is 0.589. The molecule has 0 spiro atoms. The number of hydrogen-bond donors (Lipinski definition) is 1. The van der Waals surface area contributed by atoms with Gasteiger partial charge in [0.05, 0.1) is 11.3 Å². The second-order valence-corrected chi connectivity index (χ2v) is 4.92. The Morgan fingerprint density at radius 2 is 2.11 bits per heavy atom. The monoisotopic (exact) mass is 245 g/mol. The second-order valence-electron chi connectivity index (χ2n) is 4.92. The molecule has 3 nitrogen and oxygen atoms in total. The van der Waals surface area contributed by atoms with Crippen molar-refractivity contribution in [3.05, 3.63) is 29.3 Å². The first-order valence-corrected chi connectivity index (χ1v) is 6.56. The van der Waals surface area contributed by atoms with Gasteiger partial charge in [-0.3, -0.25) is 0 Å². The van der Waals surface area contributed by atoms with Gasteiger partial charge >= 0.3 is 0 Å². The summed E-state index contributed by atoms with van der Waals surface area (Å²) in [5, 5.41) is 12.6. The summed E-state index contributed by atoms with van der Waals surface area (Å²) in [7, 11) is 2.03. The third-order valence-electron chi connectivity index (χ3n) is 2.87. The average molecular weight is 245 g/mol. The molecular weight excluding hydrogens is 222 g/mol. The minimum atomic E-state index is 0.456. The Bertz CT molecular complexity index is 418. The summed E-state index contributed by atoms with van der Waals surface area (Å²) in [6.45, 7) is 8.16. The molecule has 1 aromatic carbocycles. The van der Waals surface area contributed by atoms with Crippen LogP contribution < -0.4 is 10.2 Å². The number of anilines is 1. The number of hydrogen-bond acceptors (Lipinski definition) is 3. The average Bonchev–Trinajstić information content (AvgIpc) is 2.36. The fraction of sp³-hybridized carbons (Fsp3) is 0.533. The van der Waals surface area contributed by atoms with Crippen molar-refractivity contribution >= 4 is 5.69 Å². The van der Waals surface area contributed by atoms with Crippen molar-refractivity contribution in [1.82, 2.24) is 5.32 Å². The lowest BCUT2D eigenvalue weighted by atomic mass is 10.1. The van der Waals surface area contributed by atoms with Gasteiger partial charge in [0, 0.05) is 26.2 Å². The van der Waals surface area contributed by atoms with Crippen LogP contribution in [-0.2, 0) is 6.54 Å². The van der Waals surface area contributed by atoms with Crippen LogP contribution in [0.3, 0.4) is 0 Å². The third kappa shape index (κ3) is 4.05. The van der Waals surface area contributed by atoms with Gasteiger partial charge in [-0.1, -0.05) is 26.8 Å². The molecule has 98 valence electrons. The van der Waals surface area contributed by atoms with E-state index in [1.165, 1.54) is 0 Å². The van der Waals surface area contributed by atoms with Crippen LogP contribution in [0.15, 0.2) is 18.2 Å². The molecule has 0 bridgehead atoms. The van der Waals surface area contributed by atoms with Gasteiger partial charge in [-0.05, 0) is 24.1 Å². The van der Waals surface area contributed by atoms with E-state index in [9.17, 15) is 5.26 Å². The van der Waals surface area contributed by atoms with Gasteiger partial charge in [-0.15, -0.1) is 0 Å². The van der Waals surface area contributed by atoms with Crippen LogP contribution in [0.5, 0.6) is 0 Å². The molecule has 0 aromatic heterocycles. The predicted octanol–water partition coefficient (Wildman–Crippen LogP) is 2.90. The third-order valence-corrected chi connectivity index (χ3v) is 2.87. The SMILES string of the molecule is CCCN(C)c1ccc(CNC(C)C)cc1C#N. The van der Waals surface area contributed by atoms with E-state index >= 15 is 0 Å². The molecule has 1 aromatic rings. The highest BCUT2D eigenvalue weighted by Crippen LogP contribution is 2.20. The van der Waals surface area contributed by atoms with E-state index in [1.54, 1.807) is 0 Å². The summed E-state index contributed by atoms with van der Waals surface area (Å²) in [6.07, 6.45) is 1.08. The van der Waals surface area contributed by atoms with Gasteiger partial charge in [-0.25, -0.2) is 0 Å². The number of rotatable bonds is 6. The number of nitriles is 1. The molecule has 0 aliphatic rings. The maximum absolute atomic E-state index is 9.24. The van der Waals surface area contributed by atoms with Crippen LogP contribution in [0, 0.1) is 11.3 Å². The standard InChI is InChI=1S/C15H23N3/c1-5-8-18(4)15-7-6-13(9-14(15)10-16)11-17-12(2)3/h6-7,9,12,17H,5,8,11H2,1-4H3. The number of benzene rings is 1. The molecule has 0 unspecified atom stereocenters. The fourth-order valence-electron chi connectivity index (χ4n) is 1.89. The topological polar surface area (TPSA) is 39.1 Å². The molecule has 0 saturated heterocycles. The van der Waals surface area contributed by atoms with Crippen molar-refractivity contribution in [2.75, 3.05) is 18.5 Å². The summed E-state index contributed by atoms with van der Waals surface area (Å²) in [5.74, 6) is 0. The van der Waals surface area contributed by atoms with Gasteiger partial charge in [-0.2, -0.15) is 5.26 Å². The Morgan fingerprint density at radius 3 is 2.67 bits per heavy atom. The largest absolute Gasteiger partial charge is 0.374 e. The van der Waals surface area contributed by atoms with Crippen molar-refractivity contribution < 1.29 is 0 Å². The number of nitrogens with zero attached hydrogens (tertiary/aromatic N) is 2. The first kappa shape index (κ1) is 14.5. The zero-order chi connectivity index (χ0) is 13.5. The highest BCUT2D eigenvalue weighted by molar-refractivity contribution is 5.60. The Morgan fingerprint density at radius 1 is 1.39 bits per heavy atom. The Balaban J connectivity index is 2.87. The maximum atomic E-state index is 9.24. The molecule has 18 heavy (non-hydrogen) atoms. The van der Waals surface area contributed by atoms with Gasteiger partial charge in [0.2, 0.25) is 0 Å². The van der Waals surface area contributed by atoms with Crippen LogP contribution in [-0.4, -0.2) is 19.6 Å². The van der Waals surface area contributed by atoms with Crippen LogP contribution >= 0.6 is 0 Å². The van der Waals surface area contributed by atoms with E-state index in [-0.39, 0.29) is 0 Å². The summed E-state index contributed by atoms with van der Waals surface area (Å²) in [5.41, 5.74) is 2.94. The van der Waals surface area contributed by atoms with E-state index in [4.69, 9.17) is 0 Å². The Kier molecular flexibility index (Phi) is 5.67. The molecule has 0 aliphatic heterocycles. The van der Waals surface area contributed by atoms with Crippen molar-refractivity contribution in [1.29, 1.82) is 5.26 Å². The van der Waals surface area contributed by atoms with Gasteiger partial charge < -0.3 is 10.2 Å². The van der Waals surface area contributed by atoms with E-state index < -0.39 is 0 Å². The lowest BCUT2D eigenvalue weighted by Crippen LogP contribution is -2.22. The molecule has 3 heteroatoms. The molecule has 0 amide bonds. The van der Waals surface area contributed by atoms with Gasteiger partial charge in [0.1, 0.15) is 6.07 Å². The van der Waals surface area contributed by atoms with Crippen LogP contribution in [0.4, 0.5) is 5.69 Å². The van der Waals surface area contributed by atoms with Crippen molar-refractivity contribution in [2.24, 2.45) is 0 Å². The molecule has 0 atom stereocenters. The maximum Gasteiger partial charge on any atom is 0.101 e. The Labute approximate surface area is 110 Å². The summed E-state index contributed by atoms with van der Waals surface area (Å²) < 4.78 is 0. The quantitative estimate of drug-likeness (QED) is 0.837. The number of nitrogens with one attached hydrogen (secondary N) is 1. The van der Waals surface area contributed by atoms with Crippen LogP contribution in [0.2, 0.25) is 0 Å². The van der Waals surface area contributed by atoms with E-state index in [0.717, 1.165) is 36.3 Å². The van der Waals surface area contributed by atoms with E-state index in [2.05, 4.69) is 43.1 Å². The summed E-state index contributed by atoms with van der Waals surface area (Å²) in [4.78, 5) is 2.14. The van der Waals surface area contributed by atoms with Crippen molar-refractivity contribution in [2.45, 2.75) is 39.8 Å². The predicted molar refractivity (Wildman–Crippen MR) is 76.7 cm³/mol. The molecule has 0 fully saturated rings. The zero-order valence-corrected chi connectivity index (χ0v) is 11.8. The first-order chi connectivity index (χ1) is 8.58. The van der Waals surface area contributed by atoms with E-state index in [0.29, 0.717) is 6.04 Å². The lowest BCUT2D eigenvalue weighted by Gasteiger charge is -2.20. The molecule has 1 rings (SSSR count). The van der Waals surface area contributed by atoms with Crippen LogP contribution in [0.25, 0.3) is 0 Å². The molecule has 0 saturated carbocycles. The second kappa shape index (κ2) is 7.03. The molecule has 1 N–H and O–H groups in total. The minimum Gasteiger partial charge on any atom is -0.374 e. The highest BCUT2D eigenvalue weighted by atomic mass is 15.1. The normalized spacial score (nSPS) is 10.4. The summed E-state index contributed by atoms with van der Waals surface area (Å²) in [6, 6.07) is 8.88. The minimum absolute atomic E-state index is 0.456. The van der Waals surface area contributed by atoms with Crippen molar-refractivity contribution in [3.8, 4) is 6.07 Å². The highest BCUT2D eigenvalue weighted by Gasteiger charge is 2.07. The van der Waals surface area contributed by atoms with E-state index in [1.807, 2.05) is 19.2 Å². The van der Waals surface area contributed by atoms with Crippen molar-refractivity contribution in [3.63, 3.8) is 0 Å². The van der Waals surface area contributed by atoms with Gasteiger partial charge in [0.25, 0.3) is 0 Å². The Hall–Kier alpha value is -1.53. The molecule has 0 radical (unpaired) electrons. The fourth-order valence-corrected chi connectivity index (χ4v) is 1.89. The smallest absolute Gasteiger partial charge is 0.101 e. The first-order valence-electron chi connectivity index (χ1n) is 6.56. The molecule has 0 aliphatic carbocycles. The van der Waals surface area contributed by atoms with Crippen LogP contribution in [0.1, 0.15) is 38.3 Å². The molecular formula is C15H23N3. The zero-order valence-electron chi connectivity index (χ0n) is 11.8. The van der Waals surface area contributed by atoms with Gasteiger partial charge in [0.15, 0.2) is 0 Å². The molecule has 0 heterocycles. The summed E-state index contributed by atoms with van der Waals surface area (Å²) >= 11 is 0.